The van der Waals surface area contributed by atoms with Crippen LogP contribution in [0.25, 0.3) is 0 Å². The molecule has 0 aromatic heterocycles. The van der Waals surface area contributed by atoms with E-state index in [1.807, 2.05) is 25.1 Å². The number of rotatable bonds is 5. The lowest BCUT2D eigenvalue weighted by atomic mass is 10.2. The minimum atomic E-state index is -0.491. The molecule has 5 heteroatoms. The number of carbonyl (C=O) groups excluding carboxylic acids is 2. The number of nitrogens with one attached hydrogen (secondary N) is 1. The van der Waals surface area contributed by atoms with Gasteiger partial charge in [0.05, 0.1) is 7.11 Å². The highest BCUT2D eigenvalue weighted by Crippen LogP contribution is 2.15. The van der Waals surface area contributed by atoms with Crippen molar-refractivity contribution in [1.82, 2.24) is 5.32 Å². The number of hydrogen-bond acceptors (Lipinski definition) is 4. The minimum Gasteiger partial charge on any atom is -0.484 e. The van der Waals surface area contributed by atoms with Gasteiger partial charge in [0.2, 0.25) is 0 Å². The first-order chi connectivity index (χ1) is 8.13. The molecule has 1 N–H and O–H groups in total. The van der Waals surface area contributed by atoms with Gasteiger partial charge in [-0.25, -0.2) is 0 Å². The van der Waals surface area contributed by atoms with Gasteiger partial charge in [-0.15, -0.1) is 0 Å². The van der Waals surface area contributed by atoms with Crippen molar-refractivity contribution in [3.8, 4) is 5.75 Å². The van der Waals surface area contributed by atoms with Gasteiger partial charge in [0.25, 0.3) is 5.91 Å². The summed E-state index contributed by atoms with van der Waals surface area (Å²) in [5, 5.41) is 2.38. The van der Waals surface area contributed by atoms with Crippen LogP contribution in [0.1, 0.15) is 5.56 Å². The van der Waals surface area contributed by atoms with E-state index in [2.05, 4.69) is 10.1 Å². The Hall–Kier alpha value is -2.04. The minimum absolute atomic E-state index is 0.123. The highest BCUT2D eigenvalue weighted by molar-refractivity contribution is 5.82. The molecular formula is C12H15NO4. The number of aryl methyl sites for hydroxylation is 1. The van der Waals surface area contributed by atoms with Gasteiger partial charge in [-0.3, -0.25) is 9.59 Å². The van der Waals surface area contributed by atoms with Gasteiger partial charge in [0.1, 0.15) is 12.3 Å². The summed E-state index contributed by atoms with van der Waals surface area (Å²) >= 11 is 0. The third-order valence-electron chi connectivity index (χ3n) is 2.11. The molecule has 5 nitrogen and oxygen atoms in total. The third kappa shape index (κ3) is 4.55. The summed E-state index contributed by atoms with van der Waals surface area (Å²) in [7, 11) is 1.26. The number of hydrogen-bond donors (Lipinski definition) is 1. The van der Waals surface area contributed by atoms with E-state index in [0.717, 1.165) is 5.56 Å². The second-order valence-electron chi connectivity index (χ2n) is 3.41. The quantitative estimate of drug-likeness (QED) is 0.764. The van der Waals surface area contributed by atoms with Crippen molar-refractivity contribution in [2.45, 2.75) is 6.92 Å². The summed E-state index contributed by atoms with van der Waals surface area (Å²) in [6.07, 6.45) is 0. The van der Waals surface area contributed by atoms with Crippen LogP contribution < -0.4 is 10.1 Å². The van der Waals surface area contributed by atoms with Gasteiger partial charge in [0.15, 0.2) is 6.61 Å². The van der Waals surface area contributed by atoms with Crippen molar-refractivity contribution < 1.29 is 19.1 Å². The molecule has 0 spiro atoms. The van der Waals surface area contributed by atoms with E-state index in [-0.39, 0.29) is 19.1 Å². The number of para-hydroxylation sites is 1. The highest BCUT2D eigenvalue weighted by Gasteiger charge is 2.06. The Morgan fingerprint density at radius 3 is 2.65 bits per heavy atom. The second-order valence-corrected chi connectivity index (χ2v) is 3.41. The number of carbonyl (C=O) groups is 2. The van der Waals surface area contributed by atoms with Crippen LogP contribution in [0.5, 0.6) is 5.75 Å². The molecule has 0 aliphatic heterocycles. The summed E-state index contributed by atoms with van der Waals surface area (Å²) in [5.74, 6) is -0.200. The fourth-order valence-electron chi connectivity index (χ4n) is 1.16. The zero-order chi connectivity index (χ0) is 12.7. The first-order valence-corrected chi connectivity index (χ1v) is 5.15. The number of benzene rings is 1. The van der Waals surface area contributed by atoms with E-state index in [1.54, 1.807) is 6.07 Å². The average molecular weight is 237 g/mol. The Kier molecular flexibility index (Phi) is 5.00. The SMILES string of the molecule is COC(=O)CNC(=O)COc1ccccc1C. The van der Waals surface area contributed by atoms with E-state index in [0.29, 0.717) is 5.75 Å². The zero-order valence-electron chi connectivity index (χ0n) is 9.86. The molecule has 0 atom stereocenters. The second kappa shape index (κ2) is 6.52. The fraction of sp³-hybridized carbons (Fsp3) is 0.333. The number of esters is 1. The zero-order valence-corrected chi connectivity index (χ0v) is 9.86. The summed E-state index contributed by atoms with van der Waals surface area (Å²) in [6.45, 7) is 1.62. The third-order valence-corrected chi connectivity index (χ3v) is 2.11. The lowest BCUT2D eigenvalue weighted by Crippen LogP contribution is -2.33. The molecule has 0 heterocycles. The fourth-order valence-corrected chi connectivity index (χ4v) is 1.16. The maximum absolute atomic E-state index is 11.3. The standard InChI is InChI=1S/C12H15NO4/c1-9-5-3-4-6-10(9)17-8-11(14)13-7-12(15)16-2/h3-6H,7-8H2,1-2H3,(H,13,14). The molecule has 1 aromatic carbocycles. The Morgan fingerprint density at radius 2 is 2.00 bits per heavy atom. The molecule has 0 radical (unpaired) electrons. The molecule has 0 unspecified atom stereocenters. The van der Waals surface area contributed by atoms with Gasteiger partial charge >= 0.3 is 5.97 Å². The molecule has 0 bridgehead atoms. The molecule has 1 amide bonds. The van der Waals surface area contributed by atoms with Crippen molar-refractivity contribution in [2.24, 2.45) is 0 Å². The van der Waals surface area contributed by atoms with Crippen LogP contribution in [0.2, 0.25) is 0 Å². The van der Waals surface area contributed by atoms with E-state index >= 15 is 0 Å². The summed E-state index contributed by atoms with van der Waals surface area (Å²) in [5.41, 5.74) is 0.952. The molecule has 0 fully saturated rings. The first kappa shape index (κ1) is 13.0. The summed E-state index contributed by atoms with van der Waals surface area (Å²) in [6, 6.07) is 7.39. The van der Waals surface area contributed by atoms with Crippen LogP contribution in [-0.2, 0) is 14.3 Å². The van der Waals surface area contributed by atoms with Crippen molar-refractivity contribution >= 4 is 11.9 Å². The van der Waals surface area contributed by atoms with Crippen molar-refractivity contribution in [2.75, 3.05) is 20.3 Å². The van der Waals surface area contributed by atoms with E-state index in [4.69, 9.17) is 4.74 Å². The molecule has 0 saturated heterocycles. The van der Waals surface area contributed by atoms with Crippen LogP contribution >= 0.6 is 0 Å². The molecular weight excluding hydrogens is 222 g/mol. The Labute approximate surface area is 99.7 Å². The Bertz CT molecular complexity index is 403. The topological polar surface area (TPSA) is 64.6 Å². The predicted molar refractivity (Wildman–Crippen MR) is 61.7 cm³/mol. The average Bonchev–Trinajstić information content (AvgIpc) is 2.35. The van der Waals surface area contributed by atoms with Crippen molar-refractivity contribution in [1.29, 1.82) is 0 Å². The van der Waals surface area contributed by atoms with Crippen molar-refractivity contribution in [3.63, 3.8) is 0 Å². The van der Waals surface area contributed by atoms with Gasteiger partial charge in [-0.05, 0) is 18.6 Å². The van der Waals surface area contributed by atoms with Gasteiger partial charge < -0.3 is 14.8 Å². The molecule has 17 heavy (non-hydrogen) atoms. The molecule has 0 saturated carbocycles. The normalized spacial score (nSPS) is 9.53. The maximum Gasteiger partial charge on any atom is 0.325 e. The van der Waals surface area contributed by atoms with Gasteiger partial charge in [0, 0.05) is 0 Å². The van der Waals surface area contributed by atoms with Gasteiger partial charge in [-0.2, -0.15) is 0 Å². The largest absolute Gasteiger partial charge is 0.484 e. The number of amides is 1. The molecule has 0 aliphatic carbocycles. The summed E-state index contributed by atoms with van der Waals surface area (Å²) < 4.78 is 9.69. The Morgan fingerprint density at radius 1 is 1.29 bits per heavy atom. The van der Waals surface area contributed by atoms with E-state index in [1.165, 1.54) is 7.11 Å². The maximum atomic E-state index is 11.3. The van der Waals surface area contributed by atoms with Crippen LogP contribution in [0.4, 0.5) is 0 Å². The van der Waals surface area contributed by atoms with Crippen LogP contribution in [0, 0.1) is 6.92 Å². The van der Waals surface area contributed by atoms with Crippen LogP contribution in [0.15, 0.2) is 24.3 Å². The molecule has 1 aromatic rings. The molecule has 92 valence electrons. The van der Waals surface area contributed by atoms with E-state index in [9.17, 15) is 9.59 Å². The van der Waals surface area contributed by atoms with Crippen LogP contribution in [0.3, 0.4) is 0 Å². The van der Waals surface area contributed by atoms with Crippen molar-refractivity contribution in [3.05, 3.63) is 29.8 Å². The van der Waals surface area contributed by atoms with Crippen LogP contribution in [-0.4, -0.2) is 32.1 Å². The predicted octanol–water partition coefficient (Wildman–Crippen LogP) is 0.663. The number of methoxy groups -OCH3 is 1. The number of ether oxygens (including phenoxy) is 2. The highest BCUT2D eigenvalue weighted by atomic mass is 16.5. The van der Waals surface area contributed by atoms with E-state index < -0.39 is 5.97 Å². The smallest absolute Gasteiger partial charge is 0.325 e. The Balaban J connectivity index is 2.34. The summed E-state index contributed by atoms with van der Waals surface area (Å²) in [4.78, 5) is 22.1. The first-order valence-electron chi connectivity index (χ1n) is 5.15. The lowest BCUT2D eigenvalue weighted by Gasteiger charge is -2.08. The van der Waals surface area contributed by atoms with Gasteiger partial charge in [-0.1, -0.05) is 18.2 Å². The monoisotopic (exact) mass is 237 g/mol. The molecule has 1 rings (SSSR count). The lowest BCUT2D eigenvalue weighted by molar-refractivity contribution is -0.141. The molecule has 0 aliphatic rings.